The molecule has 0 spiro atoms. The molecule has 6 nitrogen and oxygen atoms in total. The Labute approximate surface area is 144 Å². The first-order valence-corrected chi connectivity index (χ1v) is 7.57. The van der Waals surface area contributed by atoms with Gasteiger partial charge in [-0.2, -0.15) is 4.98 Å². The minimum atomic E-state index is -0.524. The van der Waals surface area contributed by atoms with Gasteiger partial charge in [0.15, 0.2) is 0 Å². The summed E-state index contributed by atoms with van der Waals surface area (Å²) in [6, 6.07) is 4.27. The maximum absolute atomic E-state index is 14.0. The van der Waals surface area contributed by atoms with Crippen LogP contribution in [0.25, 0.3) is 0 Å². The lowest BCUT2D eigenvalue weighted by molar-refractivity contribution is -0.113. The van der Waals surface area contributed by atoms with Crippen molar-refractivity contribution in [3.05, 3.63) is 47.9 Å². The van der Waals surface area contributed by atoms with Crippen molar-refractivity contribution < 1.29 is 9.18 Å². The Balaban J connectivity index is 2.29. The zero-order valence-electron chi connectivity index (χ0n) is 13.3. The summed E-state index contributed by atoms with van der Waals surface area (Å²) in [5.41, 5.74) is 0.644. The van der Waals surface area contributed by atoms with E-state index in [2.05, 4.69) is 27.2 Å². The van der Waals surface area contributed by atoms with Crippen molar-refractivity contribution in [2.24, 2.45) is 0 Å². The summed E-state index contributed by atoms with van der Waals surface area (Å²) in [6.07, 6.45) is 2.58. The number of hydrogen-bond donors (Lipinski definition) is 2. The van der Waals surface area contributed by atoms with E-state index >= 15 is 0 Å². The Morgan fingerprint density at radius 3 is 2.92 bits per heavy atom. The largest absolute Gasteiger partial charge is 0.369 e. The number of anilines is 4. The van der Waals surface area contributed by atoms with Crippen LogP contribution in [0.4, 0.5) is 27.5 Å². The Morgan fingerprint density at radius 2 is 2.25 bits per heavy atom. The van der Waals surface area contributed by atoms with Crippen LogP contribution in [0.15, 0.2) is 37.1 Å². The van der Waals surface area contributed by atoms with Crippen molar-refractivity contribution in [3.8, 4) is 0 Å². The van der Waals surface area contributed by atoms with Gasteiger partial charge in [-0.25, -0.2) is 9.37 Å². The third kappa shape index (κ3) is 3.99. The number of nitrogens with one attached hydrogen (secondary N) is 2. The lowest BCUT2D eigenvalue weighted by Crippen LogP contribution is -2.24. The summed E-state index contributed by atoms with van der Waals surface area (Å²) in [5, 5.41) is 6.38. The van der Waals surface area contributed by atoms with Crippen molar-refractivity contribution in [2.75, 3.05) is 29.1 Å². The molecule has 1 heterocycles. The summed E-state index contributed by atoms with van der Waals surface area (Å²) >= 11 is 6.00. The molecule has 8 heteroatoms. The molecule has 2 rings (SSSR count). The first-order chi connectivity index (χ1) is 11.5. The molecule has 0 saturated heterocycles. The molecule has 2 aromatic rings. The van der Waals surface area contributed by atoms with Crippen LogP contribution in [0, 0.1) is 5.82 Å². The number of rotatable bonds is 6. The van der Waals surface area contributed by atoms with Gasteiger partial charge in [0, 0.05) is 19.3 Å². The van der Waals surface area contributed by atoms with Crippen molar-refractivity contribution >= 4 is 40.6 Å². The highest BCUT2D eigenvalue weighted by atomic mass is 35.5. The summed E-state index contributed by atoms with van der Waals surface area (Å²) < 4.78 is 14.0. The SMILES string of the molecule is C=CC(=O)N(C)c1cc(Nc2ncc(Cl)c(NCC)n2)ccc1F. The smallest absolute Gasteiger partial charge is 0.250 e. The number of halogens is 2. The van der Waals surface area contributed by atoms with E-state index in [4.69, 9.17) is 11.6 Å². The number of likely N-dealkylation sites (N-methyl/N-ethyl adjacent to an activating group) is 1. The number of amides is 1. The molecule has 0 aliphatic carbocycles. The average Bonchev–Trinajstić information content (AvgIpc) is 2.58. The molecule has 2 N–H and O–H groups in total. The van der Waals surface area contributed by atoms with Gasteiger partial charge in [-0.15, -0.1) is 0 Å². The maximum atomic E-state index is 14.0. The second kappa shape index (κ2) is 7.74. The maximum Gasteiger partial charge on any atom is 0.250 e. The van der Waals surface area contributed by atoms with E-state index in [9.17, 15) is 9.18 Å². The number of carbonyl (C=O) groups excluding carboxylic acids is 1. The van der Waals surface area contributed by atoms with Crippen LogP contribution in [-0.2, 0) is 4.79 Å². The van der Waals surface area contributed by atoms with Gasteiger partial charge in [0.25, 0.3) is 0 Å². The van der Waals surface area contributed by atoms with E-state index in [1.54, 1.807) is 0 Å². The first kappa shape index (κ1) is 17.7. The van der Waals surface area contributed by atoms with E-state index in [0.29, 0.717) is 29.0 Å². The van der Waals surface area contributed by atoms with Crippen LogP contribution in [-0.4, -0.2) is 29.5 Å². The van der Waals surface area contributed by atoms with Gasteiger partial charge in [-0.3, -0.25) is 4.79 Å². The third-order valence-corrected chi connectivity index (χ3v) is 3.43. The van der Waals surface area contributed by atoms with Crippen LogP contribution in [0.3, 0.4) is 0 Å². The molecule has 0 saturated carbocycles. The molecule has 1 amide bonds. The minimum Gasteiger partial charge on any atom is -0.369 e. The lowest BCUT2D eigenvalue weighted by atomic mass is 10.2. The van der Waals surface area contributed by atoms with Gasteiger partial charge in [-0.05, 0) is 31.2 Å². The zero-order valence-corrected chi connectivity index (χ0v) is 14.1. The van der Waals surface area contributed by atoms with Crippen LogP contribution < -0.4 is 15.5 Å². The highest BCUT2D eigenvalue weighted by Crippen LogP contribution is 2.26. The van der Waals surface area contributed by atoms with E-state index in [0.717, 1.165) is 6.08 Å². The lowest BCUT2D eigenvalue weighted by Gasteiger charge is -2.17. The normalized spacial score (nSPS) is 10.2. The van der Waals surface area contributed by atoms with E-state index in [1.807, 2.05) is 6.92 Å². The molecule has 0 fully saturated rings. The molecular formula is C16H17ClFN5O. The van der Waals surface area contributed by atoms with E-state index in [1.165, 1.54) is 36.3 Å². The molecule has 0 atom stereocenters. The fourth-order valence-corrected chi connectivity index (χ4v) is 2.11. The molecule has 126 valence electrons. The number of aromatic nitrogens is 2. The Kier molecular flexibility index (Phi) is 5.70. The molecule has 1 aromatic heterocycles. The Bertz CT molecular complexity index is 768. The molecule has 0 unspecified atom stereocenters. The number of nitrogens with zero attached hydrogens (tertiary/aromatic N) is 3. The molecule has 0 aliphatic heterocycles. The summed E-state index contributed by atoms with van der Waals surface area (Å²) in [6.45, 7) is 5.97. The molecule has 0 radical (unpaired) electrons. The Hall–Kier alpha value is -2.67. The number of benzene rings is 1. The van der Waals surface area contributed by atoms with Gasteiger partial charge < -0.3 is 15.5 Å². The number of hydrogen-bond acceptors (Lipinski definition) is 5. The van der Waals surface area contributed by atoms with Crippen molar-refractivity contribution in [3.63, 3.8) is 0 Å². The van der Waals surface area contributed by atoms with Gasteiger partial charge in [0.1, 0.15) is 16.7 Å². The van der Waals surface area contributed by atoms with Crippen molar-refractivity contribution in [1.29, 1.82) is 0 Å². The molecular weight excluding hydrogens is 333 g/mol. The van der Waals surface area contributed by atoms with Gasteiger partial charge in [0.2, 0.25) is 11.9 Å². The summed E-state index contributed by atoms with van der Waals surface area (Å²) in [4.78, 5) is 21.2. The highest BCUT2D eigenvalue weighted by molar-refractivity contribution is 6.32. The highest BCUT2D eigenvalue weighted by Gasteiger charge is 2.14. The van der Waals surface area contributed by atoms with Crippen LogP contribution in [0.1, 0.15) is 6.92 Å². The predicted octanol–water partition coefficient (Wildman–Crippen LogP) is 3.59. The van der Waals surface area contributed by atoms with Gasteiger partial charge in [-0.1, -0.05) is 18.2 Å². The Morgan fingerprint density at radius 1 is 1.50 bits per heavy atom. The van der Waals surface area contributed by atoms with Crippen molar-refractivity contribution in [2.45, 2.75) is 6.92 Å². The van der Waals surface area contributed by atoms with E-state index < -0.39 is 11.7 Å². The first-order valence-electron chi connectivity index (χ1n) is 7.19. The number of carbonyl (C=O) groups is 1. The van der Waals surface area contributed by atoms with Crippen LogP contribution in [0.2, 0.25) is 5.02 Å². The molecule has 24 heavy (non-hydrogen) atoms. The second-order valence-corrected chi connectivity index (χ2v) is 5.22. The monoisotopic (exact) mass is 349 g/mol. The molecule has 1 aromatic carbocycles. The fraction of sp³-hybridized carbons (Fsp3) is 0.188. The molecule has 0 aliphatic rings. The molecule has 0 bridgehead atoms. The van der Waals surface area contributed by atoms with Gasteiger partial charge >= 0.3 is 0 Å². The zero-order chi connectivity index (χ0) is 17.7. The predicted molar refractivity (Wildman–Crippen MR) is 94.5 cm³/mol. The minimum absolute atomic E-state index is 0.116. The summed E-state index contributed by atoms with van der Waals surface area (Å²) in [7, 11) is 1.47. The second-order valence-electron chi connectivity index (χ2n) is 4.81. The quantitative estimate of drug-likeness (QED) is 0.780. The standard InChI is InChI=1S/C16H17ClFN5O/c1-4-14(24)23(3)13-8-10(6-7-12(13)18)21-16-20-9-11(17)15(22-16)19-5-2/h4,6-9H,1,5H2,2-3H3,(H2,19,20,21,22). The van der Waals surface area contributed by atoms with Crippen LogP contribution >= 0.6 is 11.6 Å². The average molecular weight is 350 g/mol. The van der Waals surface area contributed by atoms with Crippen LogP contribution in [0.5, 0.6) is 0 Å². The topological polar surface area (TPSA) is 70.2 Å². The third-order valence-electron chi connectivity index (χ3n) is 3.16. The summed E-state index contributed by atoms with van der Waals surface area (Å²) in [5.74, 6) is -0.143. The fourth-order valence-electron chi connectivity index (χ4n) is 1.95. The van der Waals surface area contributed by atoms with Crippen molar-refractivity contribution in [1.82, 2.24) is 9.97 Å². The van der Waals surface area contributed by atoms with E-state index in [-0.39, 0.29) is 5.69 Å². The van der Waals surface area contributed by atoms with Gasteiger partial charge in [0.05, 0.1) is 11.9 Å².